The number of hydrogen-bond acceptors (Lipinski definition) is 6. The van der Waals surface area contributed by atoms with Crippen LogP contribution in [0.3, 0.4) is 0 Å². The molecule has 0 aliphatic heterocycles. The topological polar surface area (TPSA) is 101 Å². The molecule has 0 fully saturated rings. The molecule has 4 aromatic rings. The molecule has 0 spiro atoms. The fraction of sp³-hybridized carbons (Fsp3) is 0.182. The minimum Gasteiger partial charge on any atom is -0.444 e. The summed E-state index contributed by atoms with van der Waals surface area (Å²) < 4.78 is 10.9. The number of aliphatic imine (C=N–C) groups is 1. The van der Waals surface area contributed by atoms with Gasteiger partial charge in [-0.05, 0) is 43.3 Å². The average molecular weight is 565 g/mol. The minimum atomic E-state index is 0. The van der Waals surface area contributed by atoms with Gasteiger partial charge in [0.25, 0.3) is 0 Å². The molecule has 0 atom stereocenters. The van der Waals surface area contributed by atoms with Crippen LogP contribution in [0.25, 0.3) is 22.8 Å². The van der Waals surface area contributed by atoms with E-state index in [1.807, 2.05) is 49.4 Å². The van der Waals surface area contributed by atoms with E-state index in [1.165, 1.54) is 0 Å². The molecule has 8 nitrogen and oxygen atoms in total. The maximum atomic E-state index is 5.92. The van der Waals surface area contributed by atoms with Crippen molar-refractivity contribution < 1.29 is 8.94 Å². The maximum absolute atomic E-state index is 5.92. The van der Waals surface area contributed by atoms with E-state index in [4.69, 9.17) is 20.5 Å². The van der Waals surface area contributed by atoms with E-state index in [1.54, 1.807) is 18.4 Å². The first-order valence-electron chi connectivity index (χ1n) is 9.82. The molecule has 32 heavy (non-hydrogen) atoms. The Kier molecular flexibility index (Phi) is 8.63. The molecule has 0 aliphatic rings. The Morgan fingerprint density at radius 3 is 2.53 bits per heavy atom. The fourth-order valence-corrected chi connectivity index (χ4v) is 2.92. The second-order valence-corrected chi connectivity index (χ2v) is 7.01. The largest absolute Gasteiger partial charge is 0.444 e. The Labute approximate surface area is 207 Å². The summed E-state index contributed by atoms with van der Waals surface area (Å²) in [7, 11) is 0. The molecule has 0 amide bonds. The molecular formula is C22H22ClIN6O2. The van der Waals surface area contributed by atoms with E-state index in [-0.39, 0.29) is 24.0 Å². The lowest BCUT2D eigenvalue weighted by molar-refractivity contribution is 0.375. The first-order valence-corrected chi connectivity index (χ1v) is 10.2. The minimum absolute atomic E-state index is 0. The quantitative estimate of drug-likeness (QED) is 0.187. The molecule has 0 radical (unpaired) electrons. The van der Waals surface area contributed by atoms with Crippen LogP contribution in [-0.2, 0) is 13.1 Å². The van der Waals surface area contributed by atoms with Gasteiger partial charge in [0, 0.05) is 22.7 Å². The monoisotopic (exact) mass is 564 g/mol. The Balaban J connectivity index is 0.00000289. The van der Waals surface area contributed by atoms with Gasteiger partial charge in [0.05, 0.1) is 13.1 Å². The summed E-state index contributed by atoms with van der Waals surface area (Å²) >= 11 is 5.92. The predicted molar refractivity (Wildman–Crippen MR) is 134 cm³/mol. The highest BCUT2D eigenvalue weighted by molar-refractivity contribution is 14.0. The normalized spacial score (nSPS) is 11.1. The lowest BCUT2D eigenvalue weighted by atomic mass is 10.2. The molecule has 0 bridgehead atoms. The zero-order valence-corrected chi connectivity index (χ0v) is 20.4. The zero-order chi connectivity index (χ0) is 21.5. The highest BCUT2D eigenvalue weighted by Crippen LogP contribution is 2.19. The van der Waals surface area contributed by atoms with Crippen molar-refractivity contribution in [2.24, 2.45) is 4.99 Å². The average Bonchev–Trinajstić information content (AvgIpc) is 3.47. The van der Waals surface area contributed by atoms with Crippen LogP contribution in [0.1, 0.15) is 18.5 Å². The highest BCUT2D eigenvalue weighted by Gasteiger charge is 2.10. The van der Waals surface area contributed by atoms with Crippen LogP contribution >= 0.6 is 35.6 Å². The summed E-state index contributed by atoms with van der Waals surface area (Å²) in [5.41, 5.74) is 2.50. The van der Waals surface area contributed by atoms with Crippen molar-refractivity contribution >= 4 is 41.5 Å². The summed E-state index contributed by atoms with van der Waals surface area (Å²) in [4.78, 5) is 13.4. The van der Waals surface area contributed by atoms with Crippen molar-refractivity contribution in [1.29, 1.82) is 0 Å². The van der Waals surface area contributed by atoms with Crippen molar-refractivity contribution in [3.8, 4) is 22.8 Å². The summed E-state index contributed by atoms with van der Waals surface area (Å²) in [6.07, 6.45) is 1.62. The molecule has 2 aromatic heterocycles. The number of guanidine groups is 1. The third-order valence-corrected chi connectivity index (χ3v) is 4.55. The lowest BCUT2D eigenvalue weighted by Gasteiger charge is -2.08. The summed E-state index contributed by atoms with van der Waals surface area (Å²) in [6, 6.07) is 17.0. The van der Waals surface area contributed by atoms with Crippen LogP contribution in [0.4, 0.5) is 0 Å². The van der Waals surface area contributed by atoms with Gasteiger partial charge in [-0.1, -0.05) is 35.0 Å². The standard InChI is InChI=1S/C22H21ClN6O2.HI/c1-2-24-22(25-12-18-14-30-21(27-18)16-6-4-3-5-7-16)26-13-19-28-20(29-31-19)15-8-10-17(23)11-9-15;/h3-11,14H,2,12-13H2,1H3,(H2,24,25,26);1H. The molecule has 2 heterocycles. The van der Waals surface area contributed by atoms with Crippen molar-refractivity contribution in [2.45, 2.75) is 20.0 Å². The smallest absolute Gasteiger partial charge is 0.246 e. The van der Waals surface area contributed by atoms with E-state index in [2.05, 4.69) is 30.8 Å². The molecule has 0 aliphatic carbocycles. The van der Waals surface area contributed by atoms with Crippen LogP contribution in [0.5, 0.6) is 0 Å². The van der Waals surface area contributed by atoms with Gasteiger partial charge in [-0.2, -0.15) is 4.98 Å². The van der Waals surface area contributed by atoms with E-state index in [0.29, 0.717) is 48.2 Å². The third kappa shape index (κ3) is 6.30. The summed E-state index contributed by atoms with van der Waals surface area (Å²) in [5.74, 6) is 2.14. The van der Waals surface area contributed by atoms with E-state index in [0.717, 1.165) is 16.8 Å². The van der Waals surface area contributed by atoms with Crippen molar-refractivity contribution in [3.05, 3.63) is 77.5 Å². The van der Waals surface area contributed by atoms with Crippen LogP contribution in [0.2, 0.25) is 5.02 Å². The van der Waals surface area contributed by atoms with E-state index in [9.17, 15) is 0 Å². The Morgan fingerprint density at radius 1 is 1.00 bits per heavy atom. The second kappa shape index (κ2) is 11.6. The van der Waals surface area contributed by atoms with Gasteiger partial charge < -0.3 is 19.6 Å². The van der Waals surface area contributed by atoms with Gasteiger partial charge >= 0.3 is 0 Å². The van der Waals surface area contributed by atoms with Crippen LogP contribution < -0.4 is 10.6 Å². The molecule has 0 saturated carbocycles. The molecule has 4 rings (SSSR count). The summed E-state index contributed by atoms with van der Waals surface area (Å²) in [5, 5.41) is 11.0. The van der Waals surface area contributed by atoms with Gasteiger partial charge in [0.1, 0.15) is 12.0 Å². The number of nitrogens with one attached hydrogen (secondary N) is 2. The molecule has 166 valence electrons. The van der Waals surface area contributed by atoms with Crippen molar-refractivity contribution in [1.82, 2.24) is 25.8 Å². The van der Waals surface area contributed by atoms with Crippen LogP contribution in [0, 0.1) is 0 Å². The van der Waals surface area contributed by atoms with Gasteiger partial charge in [-0.3, -0.25) is 0 Å². The molecular weight excluding hydrogens is 543 g/mol. The zero-order valence-electron chi connectivity index (χ0n) is 17.3. The fourth-order valence-electron chi connectivity index (χ4n) is 2.80. The Morgan fingerprint density at radius 2 is 1.78 bits per heavy atom. The number of halogens is 2. The first-order chi connectivity index (χ1) is 15.2. The van der Waals surface area contributed by atoms with Gasteiger partial charge in [-0.25, -0.2) is 9.98 Å². The Hall–Kier alpha value is -2.92. The number of nitrogens with zero attached hydrogens (tertiary/aromatic N) is 4. The number of rotatable bonds is 7. The summed E-state index contributed by atoms with van der Waals surface area (Å²) in [6.45, 7) is 3.40. The molecule has 2 N–H and O–H groups in total. The van der Waals surface area contributed by atoms with Gasteiger partial charge in [0.2, 0.25) is 17.6 Å². The SMILES string of the molecule is CCNC(=NCc1coc(-c2ccccc2)n1)NCc1nc(-c2ccc(Cl)cc2)no1.I. The molecule has 0 unspecified atom stereocenters. The molecule has 0 saturated heterocycles. The Bertz CT molecular complexity index is 1140. The number of hydrogen-bond donors (Lipinski definition) is 2. The number of aromatic nitrogens is 3. The van der Waals surface area contributed by atoms with Crippen molar-refractivity contribution in [2.75, 3.05) is 6.54 Å². The number of benzene rings is 2. The van der Waals surface area contributed by atoms with Gasteiger partial charge in [-0.15, -0.1) is 24.0 Å². The first kappa shape index (κ1) is 23.7. The lowest BCUT2D eigenvalue weighted by Crippen LogP contribution is -2.36. The molecule has 2 aromatic carbocycles. The second-order valence-electron chi connectivity index (χ2n) is 6.58. The van der Waals surface area contributed by atoms with Crippen LogP contribution in [0.15, 0.2) is 74.8 Å². The van der Waals surface area contributed by atoms with Gasteiger partial charge in [0.15, 0.2) is 5.96 Å². The molecule has 10 heteroatoms. The third-order valence-electron chi connectivity index (χ3n) is 4.29. The highest BCUT2D eigenvalue weighted by atomic mass is 127. The van der Waals surface area contributed by atoms with E-state index < -0.39 is 0 Å². The predicted octanol–water partition coefficient (Wildman–Crippen LogP) is 4.92. The van der Waals surface area contributed by atoms with Crippen molar-refractivity contribution in [3.63, 3.8) is 0 Å². The number of oxazole rings is 1. The maximum Gasteiger partial charge on any atom is 0.246 e. The van der Waals surface area contributed by atoms with Crippen LogP contribution in [-0.4, -0.2) is 27.6 Å². The van der Waals surface area contributed by atoms with E-state index >= 15 is 0 Å².